The van der Waals surface area contributed by atoms with E-state index in [1.165, 1.54) is 0 Å². The molecular formula is C19H21N5O3. The molecule has 0 atom stereocenters. The maximum Gasteiger partial charge on any atom is 0.223 e. The molecule has 0 aliphatic rings. The number of methoxy groups -OCH3 is 3. The molecule has 0 amide bonds. The van der Waals surface area contributed by atoms with Crippen molar-refractivity contribution in [3.8, 4) is 17.2 Å². The molecular weight excluding hydrogens is 346 g/mol. The quantitative estimate of drug-likeness (QED) is 0.582. The Morgan fingerprint density at radius 1 is 0.741 bits per heavy atom. The molecule has 0 aliphatic heterocycles. The fraction of sp³-hybridized carbons (Fsp3) is 0.158. The Hall–Kier alpha value is -3.68. The number of aromatic nitrogens is 2. The van der Waals surface area contributed by atoms with E-state index in [0.29, 0.717) is 34.6 Å². The van der Waals surface area contributed by atoms with Crippen molar-refractivity contribution in [3.05, 3.63) is 48.5 Å². The zero-order chi connectivity index (χ0) is 19.2. The maximum atomic E-state index is 5.85. The van der Waals surface area contributed by atoms with Gasteiger partial charge in [0.15, 0.2) is 11.5 Å². The summed E-state index contributed by atoms with van der Waals surface area (Å²) >= 11 is 0. The molecule has 0 fully saturated rings. The van der Waals surface area contributed by atoms with Crippen molar-refractivity contribution in [2.45, 2.75) is 0 Å². The molecule has 0 radical (unpaired) electrons. The minimum atomic E-state index is 0.144. The molecule has 0 aliphatic carbocycles. The normalized spacial score (nSPS) is 10.2. The summed E-state index contributed by atoms with van der Waals surface area (Å²) in [5.41, 5.74) is 7.45. The van der Waals surface area contributed by atoms with E-state index in [2.05, 4.69) is 20.6 Å². The number of rotatable bonds is 7. The molecule has 1 heterocycles. The second-order valence-corrected chi connectivity index (χ2v) is 5.53. The van der Waals surface area contributed by atoms with Gasteiger partial charge in [-0.25, -0.2) is 0 Å². The van der Waals surface area contributed by atoms with E-state index < -0.39 is 0 Å². The summed E-state index contributed by atoms with van der Waals surface area (Å²) in [5, 5.41) is 6.38. The van der Waals surface area contributed by atoms with Gasteiger partial charge in [0.1, 0.15) is 11.6 Å². The van der Waals surface area contributed by atoms with Crippen LogP contribution in [0.5, 0.6) is 17.2 Å². The molecule has 0 spiro atoms. The summed E-state index contributed by atoms with van der Waals surface area (Å²) in [7, 11) is 4.68. The first kappa shape index (κ1) is 18.1. The van der Waals surface area contributed by atoms with Crippen molar-refractivity contribution in [2.24, 2.45) is 0 Å². The molecule has 140 valence electrons. The molecule has 0 saturated carbocycles. The zero-order valence-electron chi connectivity index (χ0n) is 15.3. The van der Waals surface area contributed by atoms with Crippen molar-refractivity contribution in [2.75, 3.05) is 37.7 Å². The third kappa shape index (κ3) is 4.30. The van der Waals surface area contributed by atoms with Gasteiger partial charge in [-0.3, -0.25) is 0 Å². The van der Waals surface area contributed by atoms with E-state index in [0.717, 1.165) is 5.69 Å². The van der Waals surface area contributed by atoms with Gasteiger partial charge in [0, 0.05) is 29.6 Å². The third-order valence-corrected chi connectivity index (χ3v) is 3.73. The summed E-state index contributed by atoms with van der Waals surface area (Å²) in [6, 6.07) is 15.0. The Labute approximate surface area is 157 Å². The molecule has 0 bridgehead atoms. The third-order valence-electron chi connectivity index (χ3n) is 3.73. The molecule has 1 aromatic heterocycles. The van der Waals surface area contributed by atoms with Crippen LogP contribution < -0.4 is 30.6 Å². The van der Waals surface area contributed by atoms with Gasteiger partial charge in [0.2, 0.25) is 11.7 Å². The minimum absolute atomic E-state index is 0.144. The lowest BCUT2D eigenvalue weighted by atomic mass is 10.2. The molecule has 0 unspecified atom stereocenters. The monoisotopic (exact) mass is 367 g/mol. The standard InChI is InChI=1S/C19H21N5O3/c1-25-14-9-13(10-15(26-2)18(14)27-3)22-17-11-16(23-19(20)24-17)21-12-7-5-4-6-8-12/h4-11H,1-3H3,(H4,20,21,22,23,24). The van der Waals surface area contributed by atoms with Crippen LogP contribution in [0.15, 0.2) is 48.5 Å². The van der Waals surface area contributed by atoms with Crippen LogP contribution in [-0.4, -0.2) is 31.3 Å². The fourth-order valence-corrected chi connectivity index (χ4v) is 2.56. The van der Waals surface area contributed by atoms with E-state index >= 15 is 0 Å². The predicted octanol–water partition coefficient (Wildman–Crippen LogP) is 3.57. The van der Waals surface area contributed by atoms with Crippen LogP contribution in [0.25, 0.3) is 0 Å². The lowest BCUT2D eigenvalue weighted by molar-refractivity contribution is 0.324. The highest BCUT2D eigenvalue weighted by molar-refractivity contribution is 5.69. The highest BCUT2D eigenvalue weighted by Gasteiger charge is 2.14. The Balaban J connectivity index is 1.89. The van der Waals surface area contributed by atoms with Gasteiger partial charge < -0.3 is 30.6 Å². The van der Waals surface area contributed by atoms with Crippen molar-refractivity contribution in [1.82, 2.24) is 9.97 Å². The number of para-hydroxylation sites is 1. The summed E-state index contributed by atoms with van der Waals surface area (Å²) in [6.07, 6.45) is 0. The Morgan fingerprint density at radius 3 is 1.81 bits per heavy atom. The second-order valence-electron chi connectivity index (χ2n) is 5.53. The first-order valence-electron chi connectivity index (χ1n) is 8.16. The van der Waals surface area contributed by atoms with Crippen molar-refractivity contribution in [3.63, 3.8) is 0 Å². The summed E-state index contributed by atoms with van der Waals surface area (Å²) in [6.45, 7) is 0. The minimum Gasteiger partial charge on any atom is -0.493 e. The number of ether oxygens (including phenoxy) is 3. The number of benzene rings is 2. The lowest BCUT2D eigenvalue weighted by Crippen LogP contribution is -2.04. The average molecular weight is 367 g/mol. The molecule has 3 rings (SSSR count). The van der Waals surface area contributed by atoms with Crippen LogP contribution in [0.2, 0.25) is 0 Å². The SMILES string of the molecule is COc1cc(Nc2cc(Nc3ccccc3)nc(N)n2)cc(OC)c1OC. The molecule has 2 aromatic carbocycles. The van der Waals surface area contributed by atoms with Gasteiger partial charge in [0.25, 0.3) is 0 Å². The molecule has 4 N–H and O–H groups in total. The van der Waals surface area contributed by atoms with E-state index in [1.54, 1.807) is 39.5 Å². The first-order chi connectivity index (χ1) is 13.1. The topological polar surface area (TPSA) is 104 Å². The van der Waals surface area contributed by atoms with Gasteiger partial charge in [-0.15, -0.1) is 0 Å². The van der Waals surface area contributed by atoms with Gasteiger partial charge in [-0.1, -0.05) is 18.2 Å². The second kappa shape index (κ2) is 8.13. The average Bonchev–Trinajstić information content (AvgIpc) is 2.67. The number of nitrogens with one attached hydrogen (secondary N) is 2. The molecule has 3 aromatic rings. The fourth-order valence-electron chi connectivity index (χ4n) is 2.56. The summed E-state index contributed by atoms with van der Waals surface area (Å²) < 4.78 is 16.1. The number of anilines is 5. The van der Waals surface area contributed by atoms with Crippen LogP contribution in [0, 0.1) is 0 Å². The molecule has 0 saturated heterocycles. The molecule has 27 heavy (non-hydrogen) atoms. The highest BCUT2D eigenvalue weighted by Crippen LogP contribution is 2.40. The maximum absolute atomic E-state index is 5.85. The number of nitrogens with zero attached hydrogens (tertiary/aromatic N) is 2. The van der Waals surface area contributed by atoms with Crippen molar-refractivity contribution < 1.29 is 14.2 Å². The number of hydrogen-bond donors (Lipinski definition) is 3. The van der Waals surface area contributed by atoms with Crippen molar-refractivity contribution >= 4 is 29.0 Å². The van der Waals surface area contributed by atoms with E-state index in [-0.39, 0.29) is 5.95 Å². The molecule has 8 heteroatoms. The van der Waals surface area contributed by atoms with E-state index in [9.17, 15) is 0 Å². The zero-order valence-corrected chi connectivity index (χ0v) is 15.3. The van der Waals surface area contributed by atoms with Crippen molar-refractivity contribution in [1.29, 1.82) is 0 Å². The predicted molar refractivity (Wildman–Crippen MR) is 106 cm³/mol. The molecule has 8 nitrogen and oxygen atoms in total. The number of nitrogens with two attached hydrogens (primary N) is 1. The van der Waals surface area contributed by atoms with Crippen LogP contribution >= 0.6 is 0 Å². The van der Waals surface area contributed by atoms with Gasteiger partial charge in [-0.05, 0) is 12.1 Å². The highest BCUT2D eigenvalue weighted by atomic mass is 16.5. The Morgan fingerprint density at radius 2 is 1.30 bits per heavy atom. The largest absolute Gasteiger partial charge is 0.493 e. The summed E-state index contributed by atoms with van der Waals surface area (Å²) in [5.74, 6) is 2.82. The van der Waals surface area contributed by atoms with Crippen LogP contribution in [-0.2, 0) is 0 Å². The number of nitrogen functional groups attached to an aromatic ring is 1. The number of hydrogen-bond acceptors (Lipinski definition) is 8. The first-order valence-corrected chi connectivity index (χ1v) is 8.16. The Bertz CT molecular complexity index is 893. The van der Waals surface area contributed by atoms with E-state index in [1.807, 2.05) is 30.3 Å². The smallest absolute Gasteiger partial charge is 0.223 e. The van der Waals surface area contributed by atoms with Gasteiger partial charge in [-0.2, -0.15) is 9.97 Å². The van der Waals surface area contributed by atoms with Gasteiger partial charge in [0.05, 0.1) is 21.3 Å². The summed E-state index contributed by atoms with van der Waals surface area (Å²) in [4.78, 5) is 8.44. The van der Waals surface area contributed by atoms with Crippen LogP contribution in [0.1, 0.15) is 0 Å². The lowest BCUT2D eigenvalue weighted by Gasteiger charge is -2.15. The Kier molecular flexibility index (Phi) is 5.46. The van der Waals surface area contributed by atoms with Gasteiger partial charge >= 0.3 is 0 Å². The van der Waals surface area contributed by atoms with Crippen LogP contribution in [0.3, 0.4) is 0 Å². The van der Waals surface area contributed by atoms with E-state index in [4.69, 9.17) is 19.9 Å². The van der Waals surface area contributed by atoms with Crippen LogP contribution in [0.4, 0.5) is 29.0 Å².